The fraction of sp³-hybridized carbons (Fsp3) is 0.938. The molecule has 1 rings (SSSR count). The van der Waals surface area contributed by atoms with Gasteiger partial charge in [-0.05, 0) is 44.4 Å². The second-order valence-electron chi connectivity index (χ2n) is 11.7. The van der Waals surface area contributed by atoms with Crippen molar-refractivity contribution in [3.63, 3.8) is 0 Å². The quantitative estimate of drug-likeness (QED) is 0.102. The molecular formula is C32H60O4. The van der Waals surface area contributed by atoms with Gasteiger partial charge in [0.15, 0.2) is 0 Å². The molecule has 0 aromatic carbocycles. The smallest absolute Gasteiger partial charge is 0.308 e. The van der Waals surface area contributed by atoms with Crippen molar-refractivity contribution in [1.82, 2.24) is 0 Å². The minimum atomic E-state index is -0.0558. The highest BCUT2D eigenvalue weighted by Gasteiger charge is 2.31. The summed E-state index contributed by atoms with van der Waals surface area (Å²) in [6.45, 7) is 7.93. The molecule has 36 heavy (non-hydrogen) atoms. The van der Waals surface area contributed by atoms with Crippen molar-refractivity contribution in [2.75, 3.05) is 13.2 Å². The van der Waals surface area contributed by atoms with E-state index in [4.69, 9.17) is 9.47 Å². The normalized spacial score (nSPS) is 17.9. The Bertz CT molecular complexity index is 522. The molecule has 212 valence electrons. The van der Waals surface area contributed by atoms with E-state index in [1.165, 1.54) is 89.9 Å². The Hall–Kier alpha value is -1.06. The standard InChI is InChI=1S/C32H60O4/c1-4-5-6-7-8-9-10-11-13-16-19-26-35-31(33)29-22-24-30(25-23-29)32(34)36-27-20-17-14-12-15-18-21-28(2)3/h28-30H,4-27H2,1-3H3. The third-order valence-electron chi connectivity index (χ3n) is 7.81. The number of esters is 2. The second-order valence-corrected chi connectivity index (χ2v) is 11.7. The van der Waals surface area contributed by atoms with Crippen LogP contribution in [0, 0.1) is 17.8 Å². The Morgan fingerprint density at radius 1 is 0.556 bits per heavy atom. The monoisotopic (exact) mass is 508 g/mol. The molecule has 0 unspecified atom stereocenters. The van der Waals surface area contributed by atoms with Crippen molar-refractivity contribution in [1.29, 1.82) is 0 Å². The first-order chi connectivity index (χ1) is 17.5. The first-order valence-corrected chi connectivity index (χ1v) is 15.9. The van der Waals surface area contributed by atoms with Crippen LogP contribution in [0.25, 0.3) is 0 Å². The first kappa shape index (κ1) is 33.0. The van der Waals surface area contributed by atoms with Crippen LogP contribution < -0.4 is 0 Å². The topological polar surface area (TPSA) is 52.6 Å². The van der Waals surface area contributed by atoms with Crippen molar-refractivity contribution in [2.45, 2.75) is 162 Å². The number of carbonyl (C=O) groups is 2. The average molecular weight is 509 g/mol. The molecular weight excluding hydrogens is 448 g/mol. The van der Waals surface area contributed by atoms with Crippen LogP contribution in [-0.4, -0.2) is 25.2 Å². The summed E-state index contributed by atoms with van der Waals surface area (Å²) in [4.78, 5) is 24.8. The van der Waals surface area contributed by atoms with Crippen LogP contribution in [0.3, 0.4) is 0 Å². The predicted molar refractivity (Wildman–Crippen MR) is 151 cm³/mol. The molecule has 4 heteroatoms. The van der Waals surface area contributed by atoms with Crippen molar-refractivity contribution in [3.8, 4) is 0 Å². The summed E-state index contributed by atoms with van der Waals surface area (Å²) in [6, 6.07) is 0. The second kappa shape index (κ2) is 23.1. The molecule has 1 aliphatic carbocycles. The van der Waals surface area contributed by atoms with Gasteiger partial charge in [-0.1, -0.05) is 124 Å². The highest BCUT2D eigenvalue weighted by atomic mass is 16.5. The minimum Gasteiger partial charge on any atom is -0.465 e. The fourth-order valence-electron chi connectivity index (χ4n) is 5.27. The van der Waals surface area contributed by atoms with Gasteiger partial charge < -0.3 is 9.47 Å². The van der Waals surface area contributed by atoms with Gasteiger partial charge in [0.2, 0.25) is 0 Å². The van der Waals surface area contributed by atoms with Gasteiger partial charge in [0, 0.05) is 0 Å². The molecule has 1 aliphatic rings. The molecule has 0 atom stereocenters. The maximum atomic E-state index is 12.4. The van der Waals surface area contributed by atoms with E-state index in [2.05, 4.69) is 20.8 Å². The highest BCUT2D eigenvalue weighted by molar-refractivity contribution is 5.75. The van der Waals surface area contributed by atoms with Gasteiger partial charge in [0.05, 0.1) is 25.0 Å². The SMILES string of the molecule is CCCCCCCCCCCCCOC(=O)C1CCC(C(=O)OCCCCCCCCC(C)C)CC1. The van der Waals surface area contributed by atoms with Crippen LogP contribution in [-0.2, 0) is 19.1 Å². The van der Waals surface area contributed by atoms with E-state index >= 15 is 0 Å². The maximum Gasteiger partial charge on any atom is 0.308 e. The summed E-state index contributed by atoms with van der Waals surface area (Å²) in [5.74, 6) is 0.639. The third-order valence-corrected chi connectivity index (χ3v) is 7.81. The van der Waals surface area contributed by atoms with Crippen LogP contribution in [0.5, 0.6) is 0 Å². The number of hydrogen-bond acceptors (Lipinski definition) is 4. The molecule has 1 fully saturated rings. The van der Waals surface area contributed by atoms with Crippen LogP contribution >= 0.6 is 0 Å². The van der Waals surface area contributed by atoms with Gasteiger partial charge in [-0.2, -0.15) is 0 Å². The number of hydrogen-bond donors (Lipinski definition) is 0. The maximum absolute atomic E-state index is 12.4. The highest BCUT2D eigenvalue weighted by Crippen LogP contribution is 2.30. The number of ether oxygens (including phenoxy) is 2. The van der Waals surface area contributed by atoms with Gasteiger partial charge in [0.25, 0.3) is 0 Å². The molecule has 0 saturated heterocycles. The molecule has 0 bridgehead atoms. The molecule has 0 N–H and O–H groups in total. The molecule has 0 aromatic heterocycles. The molecule has 0 heterocycles. The third kappa shape index (κ3) is 18.2. The van der Waals surface area contributed by atoms with Crippen LogP contribution in [0.15, 0.2) is 0 Å². The summed E-state index contributed by atoms with van der Waals surface area (Å²) in [6.07, 6.45) is 25.9. The number of carbonyl (C=O) groups excluding carboxylic acids is 2. The summed E-state index contributed by atoms with van der Waals surface area (Å²) in [5.41, 5.74) is 0. The van der Waals surface area contributed by atoms with Crippen molar-refractivity contribution >= 4 is 11.9 Å². The van der Waals surface area contributed by atoms with E-state index in [1.54, 1.807) is 0 Å². The molecule has 0 aliphatic heterocycles. The summed E-state index contributed by atoms with van der Waals surface area (Å²) in [5, 5.41) is 0. The lowest BCUT2D eigenvalue weighted by Crippen LogP contribution is -2.28. The van der Waals surface area contributed by atoms with Gasteiger partial charge in [-0.3, -0.25) is 9.59 Å². The summed E-state index contributed by atoms with van der Waals surface area (Å²) < 4.78 is 11.1. The summed E-state index contributed by atoms with van der Waals surface area (Å²) in [7, 11) is 0. The van der Waals surface area contributed by atoms with Crippen LogP contribution in [0.4, 0.5) is 0 Å². The molecule has 1 saturated carbocycles. The van der Waals surface area contributed by atoms with E-state index in [1.807, 2.05) is 0 Å². The van der Waals surface area contributed by atoms with Crippen LogP contribution in [0.2, 0.25) is 0 Å². The molecule has 0 radical (unpaired) electrons. The predicted octanol–water partition coefficient (Wildman–Crippen LogP) is 9.58. The zero-order valence-corrected chi connectivity index (χ0v) is 24.3. The van der Waals surface area contributed by atoms with E-state index in [0.717, 1.165) is 57.3 Å². The Labute approximate surface area is 224 Å². The molecule has 0 spiro atoms. The minimum absolute atomic E-state index is 0.0301. The van der Waals surface area contributed by atoms with E-state index in [0.29, 0.717) is 13.2 Å². The van der Waals surface area contributed by atoms with E-state index in [-0.39, 0.29) is 23.8 Å². The number of rotatable bonds is 23. The Kier molecular flexibility index (Phi) is 21.1. The molecule has 0 aromatic rings. The zero-order valence-electron chi connectivity index (χ0n) is 24.3. The molecule has 4 nitrogen and oxygen atoms in total. The Morgan fingerprint density at radius 2 is 0.889 bits per heavy atom. The molecule has 0 amide bonds. The van der Waals surface area contributed by atoms with Crippen LogP contribution in [0.1, 0.15) is 162 Å². The summed E-state index contributed by atoms with van der Waals surface area (Å²) >= 11 is 0. The van der Waals surface area contributed by atoms with Gasteiger partial charge in [0.1, 0.15) is 0 Å². The largest absolute Gasteiger partial charge is 0.465 e. The Balaban J connectivity index is 1.93. The fourth-order valence-corrected chi connectivity index (χ4v) is 5.27. The Morgan fingerprint density at radius 3 is 1.25 bits per heavy atom. The van der Waals surface area contributed by atoms with Crippen molar-refractivity contribution in [2.24, 2.45) is 17.8 Å². The van der Waals surface area contributed by atoms with Gasteiger partial charge >= 0.3 is 11.9 Å². The van der Waals surface area contributed by atoms with Gasteiger partial charge in [-0.25, -0.2) is 0 Å². The van der Waals surface area contributed by atoms with Crippen molar-refractivity contribution in [3.05, 3.63) is 0 Å². The lowest BCUT2D eigenvalue weighted by Gasteiger charge is -2.26. The zero-order chi connectivity index (χ0) is 26.3. The van der Waals surface area contributed by atoms with E-state index in [9.17, 15) is 9.59 Å². The van der Waals surface area contributed by atoms with E-state index < -0.39 is 0 Å². The average Bonchev–Trinajstić information content (AvgIpc) is 2.88. The first-order valence-electron chi connectivity index (χ1n) is 15.9. The van der Waals surface area contributed by atoms with Crippen molar-refractivity contribution < 1.29 is 19.1 Å². The number of unbranched alkanes of at least 4 members (excludes halogenated alkanes) is 15. The lowest BCUT2D eigenvalue weighted by molar-refractivity contribution is -0.155. The van der Waals surface area contributed by atoms with Gasteiger partial charge in [-0.15, -0.1) is 0 Å². The lowest BCUT2D eigenvalue weighted by atomic mass is 9.82.